The highest BCUT2D eigenvalue weighted by Gasteiger charge is 2.20. The number of anilines is 1. The molecule has 0 bridgehead atoms. The molecular formula is C24H28N2O5. The number of amides is 1. The summed E-state index contributed by atoms with van der Waals surface area (Å²) in [6, 6.07) is 11.2. The van der Waals surface area contributed by atoms with Crippen molar-refractivity contribution in [1.82, 2.24) is 4.90 Å². The maximum Gasteiger partial charge on any atom is 0.246 e. The summed E-state index contributed by atoms with van der Waals surface area (Å²) in [5.41, 5.74) is 2.55. The first-order valence-electron chi connectivity index (χ1n) is 10.1. The van der Waals surface area contributed by atoms with Gasteiger partial charge in [0.1, 0.15) is 0 Å². The minimum Gasteiger partial charge on any atom is -0.493 e. The van der Waals surface area contributed by atoms with Crippen LogP contribution in [0.25, 0.3) is 6.08 Å². The van der Waals surface area contributed by atoms with Crippen LogP contribution in [0.5, 0.6) is 17.2 Å². The summed E-state index contributed by atoms with van der Waals surface area (Å²) in [4.78, 5) is 28.1. The van der Waals surface area contributed by atoms with Crippen LogP contribution in [0.4, 0.5) is 5.69 Å². The minimum absolute atomic E-state index is 0.0414. The molecule has 7 heteroatoms. The molecule has 7 nitrogen and oxygen atoms in total. The van der Waals surface area contributed by atoms with E-state index >= 15 is 0 Å². The van der Waals surface area contributed by atoms with E-state index in [2.05, 4.69) is 4.90 Å². The van der Waals surface area contributed by atoms with Crippen LogP contribution < -0.4 is 19.1 Å². The number of hydrogen-bond acceptors (Lipinski definition) is 6. The second-order valence-electron chi connectivity index (χ2n) is 7.21. The largest absolute Gasteiger partial charge is 0.493 e. The van der Waals surface area contributed by atoms with Crippen LogP contribution in [-0.2, 0) is 4.79 Å². The van der Waals surface area contributed by atoms with E-state index in [4.69, 9.17) is 14.2 Å². The fraction of sp³-hybridized carbons (Fsp3) is 0.333. The van der Waals surface area contributed by atoms with Gasteiger partial charge in [-0.25, -0.2) is 0 Å². The summed E-state index contributed by atoms with van der Waals surface area (Å²) in [5.74, 6) is 1.61. The van der Waals surface area contributed by atoms with Crippen molar-refractivity contribution in [3.8, 4) is 17.2 Å². The van der Waals surface area contributed by atoms with Crippen molar-refractivity contribution in [2.24, 2.45) is 0 Å². The highest BCUT2D eigenvalue weighted by atomic mass is 16.5. The standard InChI is InChI=1S/C24H28N2O5/c1-17(27)19-6-8-20(9-7-19)25-11-13-26(14-12-25)23(28)10-5-18-15-21(29-2)24(31-4)22(16-18)30-3/h5-10,15-16H,11-14H2,1-4H3/b10-5+. The third-order valence-corrected chi connectivity index (χ3v) is 5.34. The number of hydrogen-bond donors (Lipinski definition) is 0. The van der Waals surface area contributed by atoms with Gasteiger partial charge in [-0.3, -0.25) is 9.59 Å². The van der Waals surface area contributed by atoms with Gasteiger partial charge in [-0.15, -0.1) is 0 Å². The fourth-order valence-corrected chi connectivity index (χ4v) is 3.56. The number of ether oxygens (including phenoxy) is 3. The maximum absolute atomic E-state index is 12.7. The van der Waals surface area contributed by atoms with E-state index < -0.39 is 0 Å². The van der Waals surface area contributed by atoms with E-state index in [0.29, 0.717) is 35.9 Å². The Hall–Kier alpha value is -3.48. The maximum atomic E-state index is 12.7. The zero-order chi connectivity index (χ0) is 22.4. The monoisotopic (exact) mass is 424 g/mol. The van der Waals surface area contributed by atoms with Crippen molar-refractivity contribution in [2.45, 2.75) is 6.92 Å². The Balaban J connectivity index is 1.62. The van der Waals surface area contributed by atoms with Crippen molar-refractivity contribution >= 4 is 23.5 Å². The van der Waals surface area contributed by atoms with Crippen LogP contribution in [0, 0.1) is 0 Å². The van der Waals surface area contributed by atoms with Crippen LogP contribution in [-0.4, -0.2) is 64.1 Å². The SMILES string of the molecule is COc1cc(/C=C/C(=O)N2CCN(c3ccc(C(C)=O)cc3)CC2)cc(OC)c1OC. The van der Waals surface area contributed by atoms with Gasteiger partial charge >= 0.3 is 0 Å². The quantitative estimate of drug-likeness (QED) is 0.502. The molecule has 0 aliphatic carbocycles. The zero-order valence-electron chi connectivity index (χ0n) is 18.4. The molecule has 164 valence electrons. The number of carbonyl (C=O) groups is 2. The van der Waals surface area contributed by atoms with Gasteiger partial charge in [-0.05, 0) is 55.0 Å². The van der Waals surface area contributed by atoms with Gasteiger partial charge in [-0.2, -0.15) is 0 Å². The Morgan fingerprint density at radius 1 is 0.871 bits per heavy atom. The average Bonchev–Trinajstić information content (AvgIpc) is 2.81. The number of methoxy groups -OCH3 is 3. The predicted octanol–water partition coefficient (Wildman–Crippen LogP) is 3.28. The van der Waals surface area contributed by atoms with E-state index in [-0.39, 0.29) is 11.7 Å². The van der Waals surface area contributed by atoms with Crippen LogP contribution in [0.2, 0.25) is 0 Å². The first-order chi connectivity index (χ1) is 15.0. The molecule has 0 aromatic heterocycles. The molecule has 1 fully saturated rings. The second-order valence-corrected chi connectivity index (χ2v) is 7.21. The average molecular weight is 424 g/mol. The molecule has 1 heterocycles. The highest BCUT2D eigenvalue weighted by Crippen LogP contribution is 2.38. The third kappa shape index (κ3) is 5.17. The predicted molar refractivity (Wildman–Crippen MR) is 120 cm³/mol. The summed E-state index contributed by atoms with van der Waals surface area (Å²) in [7, 11) is 4.67. The van der Waals surface area contributed by atoms with E-state index in [9.17, 15) is 9.59 Å². The number of ketones is 1. The Morgan fingerprint density at radius 3 is 1.94 bits per heavy atom. The molecular weight excluding hydrogens is 396 g/mol. The summed E-state index contributed by atoms with van der Waals surface area (Å²) >= 11 is 0. The van der Waals surface area contributed by atoms with Crippen LogP contribution in [0.15, 0.2) is 42.5 Å². The third-order valence-electron chi connectivity index (χ3n) is 5.34. The zero-order valence-corrected chi connectivity index (χ0v) is 18.4. The number of nitrogens with zero attached hydrogens (tertiary/aromatic N) is 2. The summed E-state index contributed by atoms with van der Waals surface area (Å²) in [5, 5.41) is 0. The van der Waals surface area contributed by atoms with Gasteiger partial charge in [0.05, 0.1) is 21.3 Å². The highest BCUT2D eigenvalue weighted by molar-refractivity contribution is 5.94. The lowest BCUT2D eigenvalue weighted by Gasteiger charge is -2.35. The molecule has 1 aliphatic heterocycles. The van der Waals surface area contributed by atoms with E-state index in [1.165, 1.54) is 0 Å². The molecule has 0 atom stereocenters. The first kappa shape index (κ1) is 22.2. The van der Waals surface area contributed by atoms with Gasteiger partial charge in [0.25, 0.3) is 0 Å². The molecule has 31 heavy (non-hydrogen) atoms. The molecule has 3 rings (SSSR count). The van der Waals surface area contributed by atoms with Crippen LogP contribution >= 0.6 is 0 Å². The van der Waals surface area contributed by atoms with Gasteiger partial charge in [-0.1, -0.05) is 0 Å². The topological polar surface area (TPSA) is 68.3 Å². The van der Waals surface area contributed by atoms with E-state index in [1.54, 1.807) is 52.5 Å². The molecule has 1 saturated heterocycles. The second kappa shape index (κ2) is 10.0. The molecule has 1 amide bonds. The number of carbonyl (C=O) groups excluding carboxylic acids is 2. The van der Waals surface area contributed by atoms with E-state index in [1.807, 2.05) is 29.2 Å². The van der Waals surface area contributed by atoms with Crippen molar-refractivity contribution in [3.63, 3.8) is 0 Å². The lowest BCUT2D eigenvalue weighted by atomic mass is 10.1. The van der Waals surface area contributed by atoms with Gasteiger partial charge in [0.2, 0.25) is 11.7 Å². The fourth-order valence-electron chi connectivity index (χ4n) is 3.56. The van der Waals surface area contributed by atoms with Gasteiger partial charge in [0, 0.05) is 43.5 Å². The number of piperazine rings is 1. The summed E-state index contributed by atoms with van der Waals surface area (Å²) in [6.45, 7) is 4.30. The lowest BCUT2D eigenvalue weighted by molar-refractivity contribution is -0.126. The number of Topliss-reactive ketones (excluding diaryl/α,β-unsaturated/α-hetero) is 1. The van der Waals surface area contributed by atoms with Crippen LogP contribution in [0.1, 0.15) is 22.8 Å². The molecule has 0 N–H and O–H groups in total. The summed E-state index contributed by atoms with van der Waals surface area (Å²) in [6.07, 6.45) is 3.32. The van der Waals surface area contributed by atoms with Crippen molar-refractivity contribution in [2.75, 3.05) is 52.4 Å². The van der Waals surface area contributed by atoms with Crippen molar-refractivity contribution in [1.29, 1.82) is 0 Å². The smallest absolute Gasteiger partial charge is 0.246 e. The molecule has 0 radical (unpaired) electrons. The molecule has 2 aromatic rings. The molecule has 0 saturated carbocycles. The Labute approximate surface area is 182 Å². The van der Waals surface area contributed by atoms with Crippen molar-refractivity contribution in [3.05, 3.63) is 53.6 Å². The minimum atomic E-state index is -0.0414. The molecule has 0 unspecified atom stereocenters. The molecule has 1 aliphatic rings. The Morgan fingerprint density at radius 2 is 1.45 bits per heavy atom. The first-order valence-corrected chi connectivity index (χ1v) is 10.1. The number of benzene rings is 2. The Kier molecular flexibility index (Phi) is 7.18. The van der Waals surface area contributed by atoms with E-state index in [0.717, 1.165) is 24.3 Å². The van der Waals surface area contributed by atoms with Crippen LogP contribution in [0.3, 0.4) is 0 Å². The molecule has 0 spiro atoms. The number of rotatable bonds is 7. The normalized spacial score (nSPS) is 13.9. The van der Waals surface area contributed by atoms with Crippen molar-refractivity contribution < 1.29 is 23.8 Å². The summed E-state index contributed by atoms with van der Waals surface area (Å²) < 4.78 is 16.0. The Bertz CT molecular complexity index is 935. The van der Waals surface area contributed by atoms with Gasteiger partial charge in [0.15, 0.2) is 17.3 Å². The van der Waals surface area contributed by atoms with Gasteiger partial charge < -0.3 is 24.0 Å². The molecule has 2 aromatic carbocycles. The lowest BCUT2D eigenvalue weighted by Crippen LogP contribution is -2.48.